The number of carbonyl (C=O) groups is 2. The van der Waals surface area contributed by atoms with Crippen LogP contribution in [0.4, 0.5) is 0 Å². The Balaban J connectivity index is 2.75. The second kappa shape index (κ2) is 4.64. The van der Waals surface area contributed by atoms with Crippen LogP contribution in [0.25, 0.3) is 0 Å². The third-order valence-electron chi connectivity index (χ3n) is 3.14. The molecular formula is C12H21NO4. The van der Waals surface area contributed by atoms with Crippen molar-refractivity contribution in [3.8, 4) is 0 Å². The zero-order valence-corrected chi connectivity index (χ0v) is 10.9. The summed E-state index contributed by atoms with van der Waals surface area (Å²) in [6.45, 7) is 8.11. The Kier molecular flexibility index (Phi) is 3.81. The summed E-state index contributed by atoms with van der Waals surface area (Å²) in [6.07, 6.45) is -0.0756. The molecule has 0 bridgehead atoms. The van der Waals surface area contributed by atoms with Crippen LogP contribution in [0.1, 0.15) is 34.1 Å². The lowest BCUT2D eigenvalue weighted by Gasteiger charge is -2.29. The number of carboxylic acids is 1. The Hall–Kier alpha value is -1.10. The molecule has 2 N–H and O–H groups in total. The number of carbonyl (C=O) groups excluding carboxylic acids is 1. The van der Waals surface area contributed by atoms with Gasteiger partial charge in [-0.1, -0.05) is 6.92 Å². The quantitative estimate of drug-likeness (QED) is 0.724. The van der Waals surface area contributed by atoms with Crippen molar-refractivity contribution in [1.29, 1.82) is 0 Å². The zero-order valence-electron chi connectivity index (χ0n) is 10.9. The number of rotatable bonds is 3. The van der Waals surface area contributed by atoms with Gasteiger partial charge in [-0.25, -0.2) is 0 Å². The zero-order chi connectivity index (χ0) is 13.3. The third kappa shape index (κ3) is 3.19. The van der Waals surface area contributed by atoms with Crippen LogP contribution < -0.4 is 5.32 Å². The van der Waals surface area contributed by atoms with Crippen LogP contribution in [0, 0.1) is 11.3 Å². The second-order valence-electron chi connectivity index (χ2n) is 5.76. The van der Waals surface area contributed by atoms with Gasteiger partial charge in [0.25, 0.3) is 0 Å². The van der Waals surface area contributed by atoms with Crippen molar-refractivity contribution >= 4 is 11.9 Å². The van der Waals surface area contributed by atoms with Crippen LogP contribution in [-0.2, 0) is 14.3 Å². The lowest BCUT2D eigenvalue weighted by molar-refractivity contribution is -0.165. The molecule has 1 saturated heterocycles. The van der Waals surface area contributed by atoms with Crippen molar-refractivity contribution in [2.45, 2.75) is 39.7 Å². The van der Waals surface area contributed by atoms with Crippen molar-refractivity contribution < 1.29 is 19.4 Å². The first-order chi connectivity index (χ1) is 7.67. The molecule has 1 aliphatic heterocycles. The van der Waals surface area contributed by atoms with Gasteiger partial charge in [0.15, 0.2) is 0 Å². The third-order valence-corrected chi connectivity index (χ3v) is 3.14. The van der Waals surface area contributed by atoms with E-state index in [1.54, 1.807) is 20.8 Å². The highest BCUT2D eigenvalue weighted by molar-refractivity contribution is 5.83. The average molecular weight is 243 g/mol. The van der Waals surface area contributed by atoms with E-state index in [2.05, 4.69) is 5.32 Å². The minimum absolute atomic E-state index is 0.0756. The second-order valence-corrected chi connectivity index (χ2v) is 5.76. The molecule has 0 radical (unpaired) electrons. The molecule has 5 nitrogen and oxygen atoms in total. The van der Waals surface area contributed by atoms with Crippen molar-refractivity contribution in [1.82, 2.24) is 5.32 Å². The van der Waals surface area contributed by atoms with Crippen LogP contribution in [0.3, 0.4) is 0 Å². The van der Waals surface area contributed by atoms with E-state index >= 15 is 0 Å². The van der Waals surface area contributed by atoms with Gasteiger partial charge < -0.3 is 15.2 Å². The number of ether oxygens (including phenoxy) is 1. The van der Waals surface area contributed by atoms with Gasteiger partial charge in [-0.2, -0.15) is 0 Å². The molecule has 0 aromatic heterocycles. The molecule has 0 spiro atoms. The summed E-state index contributed by atoms with van der Waals surface area (Å²) in [4.78, 5) is 23.1. The Morgan fingerprint density at radius 1 is 1.47 bits per heavy atom. The van der Waals surface area contributed by atoms with Crippen LogP contribution >= 0.6 is 0 Å². The largest absolute Gasteiger partial charge is 0.481 e. The first-order valence-electron chi connectivity index (χ1n) is 5.83. The fraction of sp³-hybridized carbons (Fsp3) is 0.833. The number of nitrogens with one attached hydrogen (secondary N) is 1. The SMILES string of the molecule is C[C@H]1CNC[C@@]1(CC(=O)OC(C)(C)C)C(=O)O. The van der Waals surface area contributed by atoms with E-state index in [9.17, 15) is 14.7 Å². The topological polar surface area (TPSA) is 75.6 Å². The molecule has 1 aliphatic rings. The summed E-state index contributed by atoms with van der Waals surface area (Å²) in [6, 6.07) is 0. The van der Waals surface area contributed by atoms with Crippen LogP contribution in [-0.4, -0.2) is 35.7 Å². The maximum absolute atomic E-state index is 11.8. The smallest absolute Gasteiger partial charge is 0.311 e. The Morgan fingerprint density at radius 3 is 2.41 bits per heavy atom. The van der Waals surface area contributed by atoms with E-state index < -0.39 is 23.0 Å². The molecule has 1 rings (SSSR count). The highest BCUT2D eigenvalue weighted by atomic mass is 16.6. The summed E-state index contributed by atoms with van der Waals surface area (Å²) in [5, 5.41) is 12.4. The monoisotopic (exact) mass is 243 g/mol. The summed E-state index contributed by atoms with van der Waals surface area (Å²) in [7, 11) is 0. The highest BCUT2D eigenvalue weighted by Gasteiger charge is 2.49. The number of aliphatic carboxylic acids is 1. The van der Waals surface area contributed by atoms with E-state index in [1.165, 1.54) is 0 Å². The van der Waals surface area contributed by atoms with Crippen molar-refractivity contribution in [3.05, 3.63) is 0 Å². The Morgan fingerprint density at radius 2 is 2.06 bits per heavy atom. The molecule has 98 valence electrons. The minimum Gasteiger partial charge on any atom is -0.481 e. The van der Waals surface area contributed by atoms with Gasteiger partial charge in [0.1, 0.15) is 5.60 Å². The molecule has 0 aromatic carbocycles. The predicted octanol–water partition coefficient (Wildman–Crippen LogP) is 1.03. The molecule has 2 atom stereocenters. The van der Waals surface area contributed by atoms with Gasteiger partial charge in [0.05, 0.1) is 11.8 Å². The molecule has 0 saturated carbocycles. The molecule has 0 aromatic rings. The fourth-order valence-corrected chi connectivity index (χ4v) is 2.12. The fourth-order valence-electron chi connectivity index (χ4n) is 2.12. The number of esters is 1. The molecule has 0 unspecified atom stereocenters. The first-order valence-corrected chi connectivity index (χ1v) is 5.83. The maximum Gasteiger partial charge on any atom is 0.311 e. The predicted molar refractivity (Wildman–Crippen MR) is 62.6 cm³/mol. The van der Waals surface area contributed by atoms with Gasteiger partial charge in [-0.3, -0.25) is 9.59 Å². The summed E-state index contributed by atoms with van der Waals surface area (Å²) >= 11 is 0. The average Bonchev–Trinajstić information content (AvgIpc) is 2.45. The number of carboxylic acid groups (broad SMARTS) is 1. The highest BCUT2D eigenvalue weighted by Crippen LogP contribution is 2.36. The summed E-state index contributed by atoms with van der Waals surface area (Å²) in [5.41, 5.74) is -1.60. The maximum atomic E-state index is 11.8. The van der Waals surface area contributed by atoms with E-state index in [4.69, 9.17) is 4.74 Å². The molecule has 1 fully saturated rings. The lowest BCUT2D eigenvalue weighted by Crippen LogP contribution is -2.41. The standard InChI is InChI=1S/C12H21NO4/c1-8-6-13-7-12(8,10(15)16)5-9(14)17-11(2,3)4/h8,13H,5-7H2,1-4H3,(H,15,16)/t8-,12+/m0/s1. The molecule has 0 aliphatic carbocycles. The molecule has 5 heteroatoms. The normalized spacial score (nSPS) is 29.1. The van der Waals surface area contributed by atoms with Gasteiger partial charge in [0.2, 0.25) is 0 Å². The number of hydrogen-bond acceptors (Lipinski definition) is 4. The molecule has 17 heavy (non-hydrogen) atoms. The van der Waals surface area contributed by atoms with Gasteiger partial charge in [0, 0.05) is 6.54 Å². The van der Waals surface area contributed by atoms with E-state index in [0.717, 1.165) is 0 Å². The van der Waals surface area contributed by atoms with Crippen molar-refractivity contribution in [2.75, 3.05) is 13.1 Å². The van der Waals surface area contributed by atoms with E-state index in [-0.39, 0.29) is 12.3 Å². The van der Waals surface area contributed by atoms with E-state index in [0.29, 0.717) is 13.1 Å². The van der Waals surface area contributed by atoms with Crippen molar-refractivity contribution in [3.63, 3.8) is 0 Å². The van der Waals surface area contributed by atoms with Gasteiger partial charge >= 0.3 is 11.9 Å². The van der Waals surface area contributed by atoms with Gasteiger partial charge in [-0.05, 0) is 33.2 Å². The summed E-state index contributed by atoms with van der Waals surface area (Å²) in [5.74, 6) is -1.45. The van der Waals surface area contributed by atoms with Crippen LogP contribution in [0.2, 0.25) is 0 Å². The minimum atomic E-state index is -1.03. The Labute approximate surface area is 102 Å². The Bertz CT molecular complexity index is 321. The van der Waals surface area contributed by atoms with Crippen LogP contribution in [0.5, 0.6) is 0 Å². The van der Waals surface area contributed by atoms with Crippen LogP contribution in [0.15, 0.2) is 0 Å². The number of hydrogen-bond donors (Lipinski definition) is 2. The molecule has 0 amide bonds. The molecular weight excluding hydrogens is 222 g/mol. The van der Waals surface area contributed by atoms with E-state index in [1.807, 2.05) is 6.92 Å². The van der Waals surface area contributed by atoms with Gasteiger partial charge in [-0.15, -0.1) is 0 Å². The van der Waals surface area contributed by atoms with Crippen molar-refractivity contribution in [2.24, 2.45) is 11.3 Å². The summed E-state index contributed by atoms with van der Waals surface area (Å²) < 4.78 is 5.19. The first kappa shape index (κ1) is 14.0. The lowest BCUT2D eigenvalue weighted by atomic mass is 9.76. The molecule has 1 heterocycles.